The largest absolute Gasteiger partial charge is 0.123 e. The zero-order chi connectivity index (χ0) is 6.91. The number of rotatable bonds is 1. The molecule has 0 aromatic rings. The molecule has 0 spiro atoms. The first-order valence-corrected chi connectivity index (χ1v) is 5.67. The average Bonchev–Trinajstić information content (AvgIpc) is 2.16. The van der Waals surface area contributed by atoms with Crippen molar-refractivity contribution < 1.29 is 0 Å². The maximum atomic E-state index is 4.16. The van der Waals surface area contributed by atoms with Crippen molar-refractivity contribution >= 4 is 13.8 Å². The molecule has 0 nitrogen and oxygen atoms in total. The molecule has 0 aromatic heterocycles. The highest BCUT2D eigenvalue weighted by Crippen LogP contribution is 2.47. The van der Waals surface area contributed by atoms with Crippen molar-refractivity contribution in [1.29, 1.82) is 0 Å². The van der Waals surface area contributed by atoms with Gasteiger partial charge in [-0.2, -0.15) is 0 Å². The first-order chi connectivity index (χ1) is 4.15. The zero-order valence-corrected chi connectivity index (χ0v) is 7.38. The molecule has 1 atom stereocenters. The van der Waals surface area contributed by atoms with Crippen molar-refractivity contribution in [2.45, 2.75) is 37.8 Å². The van der Waals surface area contributed by atoms with Crippen LogP contribution in [0.4, 0.5) is 0 Å². The molecule has 0 N–H and O–H groups in total. The zero-order valence-electron chi connectivity index (χ0n) is 6.48. The minimum absolute atomic E-state index is 0.0664. The van der Waals surface area contributed by atoms with Gasteiger partial charge < -0.3 is 0 Å². The lowest BCUT2D eigenvalue weighted by molar-refractivity contribution is 0.666. The van der Waals surface area contributed by atoms with Crippen molar-refractivity contribution in [3.05, 3.63) is 0 Å². The van der Waals surface area contributed by atoms with E-state index >= 15 is 0 Å². The molecule has 1 saturated carbocycles. The van der Waals surface area contributed by atoms with Crippen molar-refractivity contribution in [3.8, 4) is 0 Å². The second kappa shape index (κ2) is 2.42. The fourth-order valence-corrected chi connectivity index (χ4v) is 2.60. The first kappa shape index (κ1) is 7.28. The van der Waals surface area contributed by atoms with E-state index in [1.165, 1.54) is 25.7 Å². The number of hydrogen-bond donors (Lipinski definition) is 0. The van der Waals surface area contributed by atoms with E-state index in [1.54, 1.807) is 0 Å². The van der Waals surface area contributed by atoms with E-state index in [0.717, 1.165) is 0 Å². The van der Waals surface area contributed by atoms with Gasteiger partial charge in [-0.3, -0.25) is 0 Å². The third-order valence-corrected chi connectivity index (χ3v) is 4.89. The summed E-state index contributed by atoms with van der Waals surface area (Å²) in [5.41, 5.74) is 0. The van der Waals surface area contributed by atoms with Gasteiger partial charge in [0, 0.05) is 0 Å². The summed E-state index contributed by atoms with van der Waals surface area (Å²) < 4.78 is 0. The highest BCUT2D eigenvalue weighted by atomic mass is 31.1. The highest BCUT2D eigenvalue weighted by Gasteiger charge is 2.37. The second-order valence-corrected chi connectivity index (χ2v) is 5.88. The standard InChI is InChI=1S/C8H16P/c1-8(9(2)3)6-4-5-7-8/h2,4-7H2,1,3H3/q+1. The summed E-state index contributed by atoms with van der Waals surface area (Å²) in [6.45, 7) is 4.71. The molecule has 0 aliphatic heterocycles. The summed E-state index contributed by atoms with van der Waals surface area (Å²) in [5, 5.41) is 0.648. The van der Waals surface area contributed by atoms with Gasteiger partial charge in [-0.15, -0.1) is 0 Å². The predicted molar refractivity (Wildman–Crippen MR) is 46.8 cm³/mol. The van der Waals surface area contributed by atoms with Crippen molar-refractivity contribution in [2.24, 2.45) is 0 Å². The molecule has 0 amide bonds. The Labute approximate surface area is 59.0 Å². The van der Waals surface area contributed by atoms with Crippen LogP contribution in [0.25, 0.3) is 0 Å². The Morgan fingerprint density at radius 2 is 1.78 bits per heavy atom. The van der Waals surface area contributed by atoms with Crippen LogP contribution in [-0.4, -0.2) is 18.1 Å². The monoisotopic (exact) mass is 143 g/mol. The summed E-state index contributed by atoms with van der Waals surface area (Å²) in [6, 6.07) is 0. The van der Waals surface area contributed by atoms with Gasteiger partial charge in [-0.05, 0) is 32.6 Å². The molecule has 1 aliphatic carbocycles. The van der Waals surface area contributed by atoms with Crippen LogP contribution in [0.3, 0.4) is 0 Å². The molecule has 0 aromatic carbocycles. The van der Waals surface area contributed by atoms with E-state index in [4.69, 9.17) is 0 Å². The topological polar surface area (TPSA) is 0 Å². The third kappa shape index (κ3) is 1.35. The molecule has 0 radical (unpaired) electrons. The summed E-state index contributed by atoms with van der Waals surface area (Å²) in [6.07, 6.45) is 9.90. The Morgan fingerprint density at radius 3 is 2.00 bits per heavy atom. The van der Waals surface area contributed by atoms with Crippen LogP contribution >= 0.6 is 7.55 Å². The fourth-order valence-electron chi connectivity index (χ4n) is 1.52. The van der Waals surface area contributed by atoms with E-state index in [-0.39, 0.29) is 7.55 Å². The Morgan fingerprint density at radius 1 is 1.33 bits per heavy atom. The predicted octanol–water partition coefficient (Wildman–Crippen LogP) is 2.86. The van der Waals surface area contributed by atoms with Gasteiger partial charge in [-0.1, -0.05) is 0 Å². The SMILES string of the molecule is C=[P+](C)C1(C)CCCC1. The summed E-state index contributed by atoms with van der Waals surface area (Å²) in [4.78, 5) is 0. The van der Waals surface area contributed by atoms with Crippen LogP contribution in [0.2, 0.25) is 0 Å². The van der Waals surface area contributed by atoms with E-state index in [9.17, 15) is 0 Å². The van der Waals surface area contributed by atoms with Crippen LogP contribution in [0.5, 0.6) is 0 Å². The Kier molecular flexibility index (Phi) is 1.96. The van der Waals surface area contributed by atoms with Gasteiger partial charge in [0.2, 0.25) is 0 Å². The van der Waals surface area contributed by atoms with Gasteiger partial charge in [-0.25, -0.2) is 0 Å². The summed E-state index contributed by atoms with van der Waals surface area (Å²) in [7, 11) is 0.0664. The molecule has 0 saturated heterocycles. The molecule has 9 heavy (non-hydrogen) atoms. The second-order valence-electron chi connectivity index (χ2n) is 3.40. The normalized spacial score (nSPS) is 26.2. The lowest BCUT2D eigenvalue weighted by Gasteiger charge is -2.12. The van der Waals surface area contributed by atoms with E-state index in [2.05, 4.69) is 19.9 Å². The molecule has 1 aliphatic rings. The van der Waals surface area contributed by atoms with Crippen molar-refractivity contribution in [1.82, 2.24) is 0 Å². The lowest BCUT2D eigenvalue weighted by atomic mass is 10.1. The van der Waals surface area contributed by atoms with Gasteiger partial charge in [0.15, 0.2) is 0 Å². The lowest BCUT2D eigenvalue weighted by Crippen LogP contribution is -2.12. The van der Waals surface area contributed by atoms with Crippen LogP contribution in [0.1, 0.15) is 32.6 Å². The number of hydrogen-bond acceptors (Lipinski definition) is 0. The van der Waals surface area contributed by atoms with Crippen molar-refractivity contribution in [2.75, 3.05) is 6.66 Å². The highest BCUT2D eigenvalue weighted by molar-refractivity contribution is 7.56. The molecular weight excluding hydrogens is 127 g/mol. The summed E-state index contributed by atoms with van der Waals surface area (Å²) >= 11 is 0. The molecule has 1 fully saturated rings. The molecule has 1 rings (SSSR count). The Bertz CT molecular complexity index is 121. The van der Waals surface area contributed by atoms with Crippen LogP contribution < -0.4 is 0 Å². The first-order valence-electron chi connectivity index (χ1n) is 3.69. The third-order valence-electron chi connectivity index (χ3n) is 2.60. The van der Waals surface area contributed by atoms with Gasteiger partial charge in [0.1, 0.15) is 5.16 Å². The van der Waals surface area contributed by atoms with Crippen molar-refractivity contribution in [3.63, 3.8) is 0 Å². The maximum absolute atomic E-state index is 4.16. The van der Waals surface area contributed by atoms with E-state index < -0.39 is 0 Å². The smallest absolute Gasteiger partial charge is 0.0487 e. The van der Waals surface area contributed by atoms with Crippen LogP contribution in [-0.2, 0) is 0 Å². The fraction of sp³-hybridized carbons (Fsp3) is 0.875. The minimum atomic E-state index is 0.0664. The quantitative estimate of drug-likeness (QED) is 0.495. The molecule has 0 heterocycles. The Balaban J connectivity index is 2.61. The van der Waals surface area contributed by atoms with Gasteiger partial charge >= 0.3 is 0 Å². The average molecular weight is 143 g/mol. The van der Waals surface area contributed by atoms with E-state index in [0.29, 0.717) is 5.16 Å². The van der Waals surface area contributed by atoms with Gasteiger partial charge in [0.05, 0.1) is 20.5 Å². The minimum Gasteiger partial charge on any atom is -0.0487 e. The molecule has 1 heteroatoms. The Hall–Kier alpha value is 0.170. The van der Waals surface area contributed by atoms with Crippen LogP contribution in [0, 0.1) is 0 Å². The van der Waals surface area contributed by atoms with Crippen LogP contribution in [0.15, 0.2) is 0 Å². The molecule has 1 unspecified atom stereocenters. The molecular formula is C8H16P+. The van der Waals surface area contributed by atoms with Gasteiger partial charge in [0.25, 0.3) is 0 Å². The maximum Gasteiger partial charge on any atom is 0.123 e. The van der Waals surface area contributed by atoms with E-state index in [1.807, 2.05) is 0 Å². The summed E-state index contributed by atoms with van der Waals surface area (Å²) in [5.74, 6) is 0. The molecule has 52 valence electrons. The molecule has 0 bridgehead atoms.